The second kappa shape index (κ2) is 11.9. The van der Waals surface area contributed by atoms with E-state index in [4.69, 9.17) is 15.6 Å². The lowest BCUT2D eigenvalue weighted by molar-refractivity contribution is -0.123. The third-order valence-electron chi connectivity index (χ3n) is 5.77. The maximum Gasteiger partial charge on any atom is 0.251 e. The number of nitrogens with two attached hydrogens (primary N) is 1. The van der Waals surface area contributed by atoms with Crippen molar-refractivity contribution in [1.82, 2.24) is 10.2 Å². The molecule has 1 amide bonds. The Balaban J connectivity index is 1.50. The second-order valence-corrected chi connectivity index (χ2v) is 8.34. The molecule has 7 nitrogen and oxygen atoms in total. The van der Waals surface area contributed by atoms with Crippen molar-refractivity contribution in [2.75, 3.05) is 32.9 Å². The van der Waals surface area contributed by atoms with E-state index in [-0.39, 0.29) is 5.91 Å². The van der Waals surface area contributed by atoms with Gasteiger partial charge in [-0.1, -0.05) is 36.4 Å². The highest BCUT2D eigenvalue weighted by atomic mass is 16.5. The van der Waals surface area contributed by atoms with Crippen LogP contribution < -0.4 is 11.1 Å². The molecule has 0 radical (unpaired) electrons. The number of benzene rings is 2. The highest BCUT2D eigenvalue weighted by Gasteiger charge is 2.24. The molecule has 2 atom stereocenters. The van der Waals surface area contributed by atoms with E-state index in [1.807, 2.05) is 12.1 Å². The molecule has 0 aromatic heterocycles. The largest absolute Gasteiger partial charge is 0.388 e. The second-order valence-electron chi connectivity index (χ2n) is 8.34. The van der Waals surface area contributed by atoms with Crippen LogP contribution in [0.5, 0.6) is 0 Å². The van der Waals surface area contributed by atoms with Crippen LogP contribution >= 0.6 is 0 Å². The van der Waals surface area contributed by atoms with Gasteiger partial charge in [0.1, 0.15) is 12.6 Å². The van der Waals surface area contributed by atoms with E-state index in [1.54, 1.807) is 19.1 Å². The van der Waals surface area contributed by atoms with Crippen molar-refractivity contribution >= 4 is 11.7 Å². The molecular weight excluding hydrogens is 406 g/mol. The average molecular weight is 440 g/mol. The number of aryl methyl sites for hydroxylation is 2. The predicted octanol–water partition coefficient (Wildman–Crippen LogP) is 1.31. The molecule has 2 aromatic carbocycles. The summed E-state index contributed by atoms with van der Waals surface area (Å²) in [5.74, 6) is -0.877. The number of carbonyl (C=O) groups is 2. The van der Waals surface area contributed by atoms with Gasteiger partial charge in [-0.15, -0.1) is 0 Å². The van der Waals surface area contributed by atoms with Gasteiger partial charge >= 0.3 is 0 Å². The van der Waals surface area contributed by atoms with E-state index >= 15 is 0 Å². The molecule has 2 aromatic rings. The number of aliphatic hydroxyl groups excluding tert-OH is 1. The normalized spacial score (nSPS) is 16.3. The SMILES string of the molecule is C[C@@H](N)[C@H](NC(=O)c1ccc(CCc2ccc(CN3CCOCC3)cc2)cc1)C(=O)CO. The smallest absolute Gasteiger partial charge is 0.251 e. The number of rotatable bonds is 10. The predicted molar refractivity (Wildman–Crippen MR) is 123 cm³/mol. The van der Waals surface area contributed by atoms with E-state index in [2.05, 4.69) is 34.5 Å². The number of Topliss-reactive ketones (excluding diaryl/α,β-unsaturated/α-hetero) is 1. The van der Waals surface area contributed by atoms with E-state index in [0.717, 1.165) is 51.3 Å². The highest BCUT2D eigenvalue weighted by Crippen LogP contribution is 2.13. The Labute approximate surface area is 189 Å². The van der Waals surface area contributed by atoms with Gasteiger partial charge in [0.25, 0.3) is 5.91 Å². The zero-order chi connectivity index (χ0) is 22.9. The monoisotopic (exact) mass is 439 g/mol. The Bertz CT molecular complexity index is 875. The van der Waals surface area contributed by atoms with Crippen molar-refractivity contribution in [3.63, 3.8) is 0 Å². The Morgan fingerprint density at radius 1 is 1.00 bits per heavy atom. The summed E-state index contributed by atoms with van der Waals surface area (Å²) < 4.78 is 5.40. The lowest BCUT2D eigenvalue weighted by atomic mass is 10.0. The van der Waals surface area contributed by atoms with Crippen molar-refractivity contribution in [2.24, 2.45) is 5.73 Å². The van der Waals surface area contributed by atoms with Crippen molar-refractivity contribution in [2.45, 2.75) is 38.4 Å². The number of carbonyl (C=O) groups excluding carboxylic acids is 2. The summed E-state index contributed by atoms with van der Waals surface area (Å²) in [7, 11) is 0. The van der Waals surface area contributed by atoms with Crippen LogP contribution in [0, 0.1) is 0 Å². The lowest BCUT2D eigenvalue weighted by Crippen LogP contribution is -2.52. The van der Waals surface area contributed by atoms with E-state index in [9.17, 15) is 9.59 Å². The third kappa shape index (κ3) is 6.97. The molecule has 32 heavy (non-hydrogen) atoms. The fraction of sp³-hybridized carbons (Fsp3) is 0.440. The topological polar surface area (TPSA) is 105 Å². The zero-order valence-electron chi connectivity index (χ0n) is 18.6. The summed E-state index contributed by atoms with van der Waals surface area (Å²) in [5, 5.41) is 11.7. The van der Waals surface area contributed by atoms with Gasteiger partial charge in [0.2, 0.25) is 0 Å². The third-order valence-corrected chi connectivity index (χ3v) is 5.77. The van der Waals surface area contributed by atoms with Crippen LogP contribution in [-0.4, -0.2) is 66.7 Å². The molecule has 1 aliphatic rings. The number of nitrogens with one attached hydrogen (secondary N) is 1. The number of amides is 1. The summed E-state index contributed by atoms with van der Waals surface area (Å²) in [5.41, 5.74) is 9.94. The van der Waals surface area contributed by atoms with Crippen LogP contribution in [0.3, 0.4) is 0 Å². The van der Waals surface area contributed by atoms with Crippen LogP contribution in [0.15, 0.2) is 48.5 Å². The summed E-state index contributed by atoms with van der Waals surface area (Å²) in [6, 6.07) is 14.6. The molecule has 0 saturated carbocycles. The van der Waals surface area contributed by atoms with E-state index in [0.29, 0.717) is 5.56 Å². The molecule has 3 rings (SSSR count). The van der Waals surface area contributed by atoms with Crippen molar-refractivity contribution < 1.29 is 19.4 Å². The minimum atomic E-state index is -0.904. The molecule has 1 aliphatic heterocycles. The van der Waals surface area contributed by atoms with Crippen molar-refractivity contribution in [3.8, 4) is 0 Å². The zero-order valence-corrected chi connectivity index (χ0v) is 18.6. The molecule has 1 fully saturated rings. The van der Waals surface area contributed by atoms with Crippen LogP contribution in [-0.2, 0) is 28.9 Å². The minimum Gasteiger partial charge on any atom is -0.388 e. The summed E-state index contributed by atoms with van der Waals surface area (Å²) in [6.07, 6.45) is 1.79. The summed E-state index contributed by atoms with van der Waals surface area (Å²) in [4.78, 5) is 26.6. The number of hydrogen-bond acceptors (Lipinski definition) is 6. The van der Waals surface area contributed by atoms with E-state index < -0.39 is 24.5 Å². The van der Waals surface area contributed by atoms with Gasteiger partial charge in [0, 0.05) is 31.2 Å². The van der Waals surface area contributed by atoms with Crippen LogP contribution in [0.1, 0.15) is 34.0 Å². The molecule has 0 aliphatic carbocycles. The first-order valence-corrected chi connectivity index (χ1v) is 11.1. The number of aliphatic hydroxyl groups is 1. The van der Waals surface area contributed by atoms with Gasteiger partial charge in [0.05, 0.1) is 13.2 Å². The molecule has 0 unspecified atom stereocenters. The van der Waals surface area contributed by atoms with Crippen LogP contribution in [0.25, 0.3) is 0 Å². The van der Waals surface area contributed by atoms with Gasteiger partial charge < -0.3 is 20.9 Å². The quantitative estimate of drug-likeness (QED) is 0.516. The van der Waals surface area contributed by atoms with Gasteiger partial charge in [-0.3, -0.25) is 14.5 Å². The van der Waals surface area contributed by atoms with E-state index in [1.165, 1.54) is 11.1 Å². The number of ether oxygens (including phenoxy) is 1. The van der Waals surface area contributed by atoms with Gasteiger partial charge in [-0.05, 0) is 48.6 Å². The van der Waals surface area contributed by atoms with Gasteiger partial charge in [0.15, 0.2) is 5.78 Å². The summed E-state index contributed by atoms with van der Waals surface area (Å²) >= 11 is 0. The Morgan fingerprint density at radius 2 is 1.53 bits per heavy atom. The van der Waals surface area contributed by atoms with Crippen LogP contribution in [0.2, 0.25) is 0 Å². The Morgan fingerprint density at radius 3 is 2.06 bits per heavy atom. The highest BCUT2D eigenvalue weighted by molar-refractivity contribution is 5.98. The molecular formula is C25H33N3O4. The first-order valence-electron chi connectivity index (χ1n) is 11.1. The maximum absolute atomic E-state index is 12.4. The summed E-state index contributed by atoms with van der Waals surface area (Å²) in [6.45, 7) is 5.52. The first kappa shape index (κ1) is 24.1. The average Bonchev–Trinajstić information content (AvgIpc) is 2.82. The van der Waals surface area contributed by atoms with Gasteiger partial charge in [-0.25, -0.2) is 0 Å². The molecule has 4 N–H and O–H groups in total. The first-order chi connectivity index (χ1) is 15.5. The number of ketones is 1. The Hall–Kier alpha value is -2.58. The Kier molecular flexibility index (Phi) is 8.93. The molecule has 0 spiro atoms. The van der Waals surface area contributed by atoms with Gasteiger partial charge in [-0.2, -0.15) is 0 Å². The number of hydrogen-bond donors (Lipinski definition) is 3. The van der Waals surface area contributed by atoms with Crippen molar-refractivity contribution in [3.05, 3.63) is 70.8 Å². The molecule has 172 valence electrons. The molecule has 1 heterocycles. The fourth-order valence-corrected chi connectivity index (χ4v) is 3.77. The van der Waals surface area contributed by atoms with Crippen LogP contribution in [0.4, 0.5) is 0 Å². The molecule has 1 saturated heterocycles. The standard InChI is InChI=1S/C25H33N3O4/c1-18(26)24(23(30)17-29)27-25(31)22-10-8-20(9-11-22)3-2-19-4-6-21(7-5-19)16-28-12-14-32-15-13-28/h4-11,18,24,29H,2-3,12-17,26H2,1H3,(H,27,31)/t18-,24+/m1/s1. The number of morpholine rings is 1. The maximum atomic E-state index is 12.4. The number of nitrogens with zero attached hydrogens (tertiary/aromatic N) is 1. The van der Waals surface area contributed by atoms with Crippen molar-refractivity contribution in [1.29, 1.82) is 0 Å². The molecule has 7 heteroatoms. The lowest BCUT2D eigenvalue weighted by Gasteiger charge is -2.26. The minimum absolute atomic E-state index is 0.378. The molecule has 0 bridgehead atoms. The fourth-order valence-electron chi connectivity index (χ4n) is 3.77.